The quantitative estimate of drug-likeness (QED) is 0.627. The van der Waals surface area contributed by atoms with Gasteiger partial charge >= 0.3 is 0 Å². The predicted molar refractivity (Wildman–Crippen MR) is 67.0 cm³/mol. The summed E-state index contributed by atoms with van der Waals surface area (Å²) in [5.41, 5.74) is 0.618. The fourth-order valence-electron chi connectivity index (χ4n) is 1.61. The Hall–Kier alpha value is -0.820. The molecule has 84 valence electrons. The Bertz CT molecular complexity index is 217. The molecule has 0 saturated carbocycles. The number of piperidine rings is 1. The van der Waals surface area contributed by atoms with Crippen LogP contribution in [0.15, 0.2) is 36.4 Å². The van der Waals surface area contributed by atoms with Crippen LogP contribution in [0.4, 0.5) is 0 Å². The van der Waals surface area contributed by atoms with Gasteiger partial charge in [0, 0.05) is 0 Å². The number of likely N-dealkylation sites (tertiary alicyclic amines) is 1. The largest absolute Gasteiger partial charge is 0.306 e. The summed E-state index contributed by atoms with van der Waals surface area (Å²) in [6, 6.07) is 12.0. The molecule has 1 heteroatoms. The van der Waals surface area contributed by atoms with Crippen LogP contribution >= 0.6 is 0 Å². The molecule has 0 unspecified atom stereocenters. The van der Waals surface area contributed by atoms with E-state index in [2.05, 4.69) is 25.8 Å². The fraction of sp³-hybridized carbons (Fsp3) is 0.571. The van der Waals surface area contributed by atoms with Crippen LogP contribution in [-0.2, 0) is 0 Å². The first-order valence-corrected chi connectivity index (χ1v) is 5.79. The van der Waals surface area contributed by atoms with E-state index in [1.54, 1.807) is 0 Å². The Morgan fingerprint density at radius 2 is 1.13 bits per heavy atom. The minimum Gasteiger partial charge on any atom is -0.306 e. The fourth-order valence-corrected chi connectivity index (χ4v) is 1.61. The normalized spacial score (nSPS) is 20.2. The third-order valence-corrected chi connectivity index (χ3v) is 3.01. The Kier molecular flexibility index (Phi) is 4.83. The molecule has 0 aliphatic carbocycles. The van der Waals surface area contributed by atoms with E-state index in [-0.39, 0.29) is 0 Å². The van der Waals surface area contributed by atoms with Crippen molar-refractivity contribution in [3.63, 3.8) is 0 Å². The third kappa shape index (κ3) is 5.58. The molecule has 15 heavy (non-hydrogen) atoms. The second kappa shape index (κ2) is 5.92. The topological polar surface area (TPSA) is 3.24 Å². The third-order valence-electron chi connectivity index (χ3n) is 3.01. The molecule has 0 atom stereocenters. The number of rotatable bonds is 0. The number of benzene rings is 1. The molecule has 0 N–H and O–H groups in total. The van der Waals surface area contributed by atoms with Gasteiger partial charge in [0.25, 0.3) is 0 Å². The first-order chi connectivity index (χ1) is 7.10. The van der Waals surface area contributed by atoms with Gasteiger partial charge in [-0.1, -0.05) is 50.2 Å². The van der Waals surface area contributed by atoms with Gasteiger partial charge in [-0.25, -0.2) is 0 Å². The highest BCUT2D eigenvalue weighted by Crippen LogP contribution is 2.28. The highest BCUT2D eigenvalue weighted by atomic mass is 15.1. The van der Waals surface area contributed by atoms with E-state index in [1.807, 2.05) is 36.4 Å². The molecular weight excluding hydrogens is 182 g/mol. The molecular formula is C14H23N. The van der Waals surface area contributed by atoms with Crippen LogP contribution in [0.1, 0.15) is 26.7 Å². The molecule has 0 spiro atoms. The van der Waals surface area contributed by atoms with Gasteiger partial charge in [-0.15, -0.1) is 0 Å². The van der Waals surface area contributed by atoms with Gasteiger partial charge in [0.1, 0.15) is 0 Å². The van der Waals surface area contributed by atoms with Crippen molar-refractivity contribution in [2.45, 2.75) is 26.7 Å². The lowest BCUT2D eigenvalue weighted by Crippen LogP contribution is -2.34. The maximum atomic E-state index is 2.41. The van der Waals surface area contributed by atoms with E-state index in [1.165, 1.54) is 25.9 Å². The summed E-state index contributed by atoms with van der Waals surface area (Å²) in [4.78, 5) is 2.41. The van der Waals surface area contributed by atoms with Crippen molar-refractivity contribution in [2.24, 2.45) is 5.41 Å². The molecule has 1 aliphatic rings. The zero-order valence-corrected chi connectivity index (χ0v) is 10.2. The standard InChI is InChI=1S/C8H17N.C6H6/c1-8(2)4-6-9(3)7-5-8;1-2-4-6-5-3-1/h4-7H2,1-3H3;1-6H. The average molecular weight is 205 g/mol. The predicted octanol–water partition coefficient (Wildman–Crippen LogP) is 3.42. The van der Waals surface area contributed by atoms with Crippen LogP contribution in [0.2, 0.25) is 0 Å². The van der Waals surface area contributed by atoms with Crippen LogP contribution in [0.25, 0.3) is 0 Å². The van der Waals surface area contributed by atoms with Gasteiger partial charge in [0.05, 0.1) is 0 Å². The second-order valence-electron chi connectivity index (χ2n) is 5.12. The van der Waals surface area contributed by atoms with Gasteiger partial charge in [-0.2, -0.15) is 0 Å². The van der Waals surface area contributed by atoms with Gasteiger partial charge < -0.3 is 4.90 Å². The Balaban J connectivity index is 0.000000162. The molecule has 1 aromatic rings. The maximum Gasteiger partial charge on any atom is -0.00167 e. The molecule has 0 radical (unpaired) electrons. The molecule has 1 aliphatic heterocycles. The van der Waals surface area contributed by atoms with Crippen LogP contribution in [0.5, 0.6) is 0 Å². The summed E-state index contributed by atoms with van der Waals surface area (Å²) in [7, 11) is 2.20. The summed E-state index contributed by atoms with van der Waals surface area (Å²) >= 11 is 0. The molecule has 1 fully saturated rings. The van der Waals surface area contributed by atoms with Crippen LogP contribution in [0.3, 0.4) is 0 Å². The lowest BCUT2D eigenvalue weighted by molar-refractivity contribution is 0.157. The van der Waals surface area contributed by atoms with Crippen molar-refractivity contribution < 1.29 is 0 Å². The van der Waals surface area contributed by atoms with Gasteiger partial charge in [0.2, 0.25) is 0 Å². The number of nitrogens with zero attached hydrogens (tertiary/aromatic N) is 1. The highest BCUT2D eigenvalue weighted by Gasteiger charge is 2.22. The minimum atomic E-state index is 0.618. The molecule has 0 bridgehead atoms. The first kappa shape index (κ1) is 12.3. The number of hydrogen-bond donors (Lipinski definition) is 0. The molecule has 1 saturated heterocycles. The first-order valence-electron chi connectivity index (χ1n) is 5.79. The molecule has 2 rings (SSSR count). The second-order valence-corrected chi connectivity index (χ2v) is 5.12. The lowest BCUT2D eigenvalue weighted by Gasteiger charge is -2.34. The van der Waals surface area contributed by atoms with E-state index >= 15 is 0 Å². The SMILES string of the molecule is CN1CCC(C)(C)CC1.c1ccccc1. The van der Waals surface area contributed by atoms with Crippen molar-refractivity contribution in [3.05, 3.63) is 36.4 Å². The Morgan fingerprint density at radius 1 is 0.800 bits per heavy atom. The summed E-state index contributed by atoms with van der Waals surface area (Å²) in [5.74, 6) is 0. The van der Waals surface area contributed by atoms with Crippen molar-refractivity contribution in [1.82, 2.24) is 4.90 Å². The van der Waals surface area contributed by atoms with Gasteiger partial charge in [-0.05, 0) is 38.4 Å². The van der Waals surface area contributed by atoms with E-state index in [0.717, 1.165) is 0 Å². The van der Waals surface area contributed by atoms with Crippen molar-refractivity contribution in [3.8, 4) is 0 Å². The van der Waals surface area contributed by atoms with E-state index in [4.69, 9.17) is 0 Å². The molecule has 1 nitrogen and oxygen atoms in total. The van der Waals surface area contributed by atoms with Crippen LogP contribution < -0.4 is 0 Å². The van der Waals surface area contributed by atoms with Crippen molar-refractivity contribution in [1.29, 1.82) is 0 Å². The monoisotopic (exact) mass is 205 g/mol. The van der Waals surface area contributed by atoms with E-state index in [9.17, 15) is 0 Å². The van der Waals surface area contributed by atoms with Gasteiger partial charge in [-0.3, -0.25) is 0 Å². The molecule has 1 aromatic carbocycles. The highest BCUT2D eigenvalue weighted by molar-refractivity contribution is 4.99. The summed E-state index contributed by atoms with van der Waals surface area (Å²) < 4.78 is 0. The Labute approximate surface area is 94.1 Å². The van der Waals surface area contributed by atoms with Crippen LogP contribution in [-0.4, -0.2) is 25.0 Å². The van der Waals surface area contributed by atoms with E-state index < -0.39 is 0 Å². The average Bonchev–Trinajstić information content (AvgIpc) is 2.26. The Morgan fingerprint density at radius 3 is 1.40 bits per heavy atom. The summed E-state index contributed by atoms with van der Waals surface area (Å²) in [6.45, 7) is 7.29. The van der Waals surface area contributed by atoms with E-state index in [0.29, 0.717) is 5.41 Å². The molecule has 0 amide bonds. The number of hydrogen-bond acceptors (Lipinski definition) is 1. The smallest absolute Gasteiger partial charge is 0.00167 e. The van der Waals surface area contributed by atoms with Crippen molar-refractivity contribution in [2.75, 3.05) is 20.1 Å². The minimum absolute atomic E-state index is 0.618. The maximum absolute atomic E-state index is 2.41. The lowest BCUT2D eigenvalue weighted by atomic mass is 9.83. The summed E-state index contributed by atoms with van der Waals surface area (Å²) in [5, 5.41) is 0. The van der Waals surface area contributed by atoms with Crippen molar-refractivity contribution >= 4 is 0 Å². The van der Waals surface area contributed by atoms with Crippen LogP contribution in [0, 0.1) is 5.41 Å². The molecule has 0 aromatic heterocycles. The molecule has 1 heterocycles. The van der Waals surface area contributed by atoms with Gasteiger partial charge in [0.15, 0.2) is 0 Å². The zero-order chi connectivity index (χ0) is 11.1. The zero-order valence-electron chi connectivity index (χ0n) is 10.2. The summed E-state index contributed by atoms with van der Waals surface area (Å²) in [6.07, 6.45) is 2.73.